The Morgan fingerprint density at radius 2 is 2.36 bits per heavy atom. The van der Waals surface area contributed by atoms with Gasteiger partial charge in [-0.3, -0.25) is 4.68 Å². The lowest BCUT2D eigenvalue weighted by Crippen LogP contribution is -1.97. The van der Waals surface area contributed by atoms with E-state index in [4.69, 9.17) is 5.73 Å². The SMILES string of the molecule is Cn1nc(CC2CC2C2CC2)cc1N. The highest BCUT2D eigenvalue weighted by molar-refractivity contribution is 5.30. The van der Waals surface area contributed by atoms with Crippen LogP contribution in [0.4, 0.5) is 5.82 Å². The van der Waals surface area contributed by atoms with Crippen molar-refractivity contribution in [2.24, 2.45) is 24.8 Å². The molecule has 2 N–H and O–H groups in total. The lowest BCUT2D eigenvalue weighted by molar-refractivity contribution is 0.614. The summed E-state index contributed by atoms with van der Waals surface area (Å²) in [6.07, 6.45) is 5.53. The molecule has 2 atom stereocenters. The van der Waals surface area contributed by atoms with Crippen molar-refractivity contribution in [1.29, 1.82) is 0 Å². The maximum Gasteiger partial charge on any atom is 0.121 e. The number of rotatable bonds is 3. The maximum absolute atomic E-state index is 5.74. The van der Waals surface area contributed by atoms with Crippen molar-refractivity contribution in [2.75, 3.05) is 5.73 Å². The number of aromatic nitrogens is 2. The van der Waals surface area contributed by atoms with Gasteiger partial charge in [0.25, 0.3) is 0 Å². The molecule has 2 aliphatic rings. The first-order valence-electron chi connectivity index (χ1n) is 5.52. The Hall–Kier alpha value is -0.990. The van der Waals surface area contributed by atoms with Crippen LogP contribution in [-0.2, 0) is 13.5 Å². The fraction of sp³-hybridized carbons (Fsp3) is 0.727. The number of nitrogens with two attached hydrogens (primary N) is 1. The van der Waals surface area contributed by atoms with Crippen LogP contribution in [0.1, 0.15) is 25.0 Å². The Morgan fingerprint density at radius 3 is 2.93 bits per heavy atom. The predicted molar refractivity (Wildman–Crippen MR) is 55.6 cm³/mol. The van der Waals surface area contributed by atoms with Crippen LogP contribution in [0.3, 0.4) is 0 Å². The summed E-state index contributed by atoms with van der Waals surface area (Å²) >= 11 is 0. The molecule has 1 aromatic heterocycles. The topological polar surface area (TPSA) is 43.8 Å². The minimum atomic E-state index is 0.781. The first-order chi connectivity index (χ1) is 6.74. The minimum absolute atomic E-state index is 0.781. The highest BCUT2D eigenvalue weighted by Gasteiger charge is 2.47. The van der Waals surface area contributed by atoms with Gasteiger partial charge in [0, 0.05) is 13.1 Å². The molecule has 3 heteroatoms. The van der Waals surface area contributed by atoms with Crippen molar-refractivity contribution in [3.05, 3.63) is 11.8 Å². The van der Waals surface area contributed by atoms with Crippen molar-refractivity contribution in [3.63, 3.8) is 0 Å². The highest BCUT2D eigenvalue weighted by atomic mass is 15.3. The smallest absolute Gasteiger partial charge is 0.121 e. The Kier molecular flexibility index (Phi) is 1.64. The molecule has 14 heavy (non-hydrogen) atoms. The van der Waals surface area contributed by atoms with E-state index in [0.717, 1.165) is 30.0 Å². The van der Waals surface area contributed by atoms with Crippen LogP contribution in [-0.4, -0.2) is 9.78 Å². The number of anilines is 1. The molecule has 2 aliphatic carbocycles. The van der Waals surface area contributed by atoms with Gasteiger partial charge in [0.2, 0.25) is 0 Å². The van der Waals surface area contributed by atoms with Crippen molar-refractivity contribution in [2.45, 2.75) is 25.7 Å². The average molecular weight is 191 g/mol. The molecule has 2 saturated carbocycles. The van der Waals surface area contributed by atoms with Crippen LogP contribution in [0.2, 0.25) is 0 Å². The monoisotopic (exact) mass is 191 g/mol. The second-order valence-corrected chi connectivity index (χ2v) is 4.89. The molecule has 0 amide bonds. The van der Waals surface area contributed by atoms with Gasteiger partial charge in [-0.15, -0.1) is 0 Å². The van der Waals surface area contributed by atoms with E-state index in [1.807, 2.05) is 13.1 Å². The molecule has 1 heterocycles. The summed E-state index contributed by atoms with van der Waals surface area (Å²) < 4.78 is 1.77. The van der Waals surface area contributed by atoms with Crippen molar-refractivity contribution in [1.82, 2.24) is 9.78 Å². The number of hydrogen-bond donors (Lipinski definition) is 1. The Bertz CT molecular complexity index is 332. The van der Waals surface area contributed by atoms with E-state index in [1.54, 1.807) is 4.68 Å². The number of nitrogens with zero attached hydrogens (tertiary/aromatic N) is 2. The van der Waals surface area contributed by atoms with Gasteiger partial charge in [0.05, 0.1) is 5.69 Å². The van der Waals surface area contributed by atoms with E-state index in [-0.39, 0.29) is 0 Å². The average Bonchev–Trinajstić information content (AvgIpc) is 2.95. The number of hydrogen-bond acceptors (Lipinski definition) is 2. The molecule has 0 spiro atoms. The van der Waals surface area contributed by atoms with Crippen molar-refractivity contribution < 1.29 is 0 Å². The summed E-state index contributed by atoms with van der Waals surface area (Å²) in [6.45, 7) is 0. The molecular formula is C11H17N3. The third-order valence-electron chi connectivity index (χ3n) is 3.64. The minimum Gasteiger partial charge on any atom is -0.384 e. The quantitative estimate of drug-likeness (QED) is 0.788. The van der Waals surface area contributed by atoms with Crippen molar-refractivity contribution in [3.8, 4) is 0 Å². The van der Waals surface area contributed by atoms with Crippen LogP contribution in [0, 0.1) is 17.8 Å². The molecule has 2 fully saturated rings. The highest BCUT2D eigenvalue weighted by Crippen LogP contribution is 2.55. The first kappa shape index (κ1) is 8.33. The fourth-order valence-electron chi connectivity index (χ4n) is 2.52. The standard InChI is InChI=1S/C11H17N3/c1-14-11(12)6-9(13-14)4-8-5-10(8)7-2-3-7/h6-8,10H,2-5,12H2,1H3. The fourth-order valence-corrected chi connectivity index (χ4v) is 2.52. The molecule has 0 aliphatic heterocycles. The van der Waals surface area contributed by atoms with Crippen LogP contribution >= 0.6 is 0 Å². The zero-order valence-corrected chi connectivity index (χ0v) is 8.61. The van der Waals surface area contributed by atoms with Gasteiger partial charge >= 0.3 is 0 Å². The normalized spacial score (nSPS) is 30.6. The summed E-state index contributed by atoms with van der Waals surface area (Å²) in [7, 11) is 1.91. The zero-order valence-electron chi connectivity index (χ0n) is 8.61. The van der Waals surface area contributed by atoms with Crippen LogP contribution in [0.5, 0.6) is 0 Å². The summed E-state index contributed by atoms with van der Waals surface area (Å²) in [5.41, 5.74) is 6.92. The molecule has 1 aromatic rings. The lowest BCUT2D eigenvalue weighted by atomic mass is 10.1. The Labute approximate surface area is 84.3 Å². The van der Waals surface area contributed by atoms with Crippen molar-refractivity contribution >= 4 is 5.82 Å². The molecule has 0 aromatic carbocycles. The van der Waals surface area contributed by atoms with E-state index in [2.05, 4.69) is 5.10 Å². The van der Waals surface area contributed by atoms with Gasteiger partial charge in [0.15, 0.2) is 0 Å². The van der Waals surface area contributed by atoms with Gasteiger partial charge in [-0.2, -0.15) is 5.10 Å². The third-order valence-corrected chi connectivity index (χ3v) is 3.64. The second-order valence-electron chi connectivity index (χ2n) is 4.89. The summed E-state index contributed by atoms with van der Waals surface area (Å²) in [6, 6.07) is 2.02. The Morgan fingerprint density at radius 1 is 1.57 bits per heavy atom. The second kappa shape index (κ2) is 2.75. The molecule has 76 valence electrons. The first-order valence-corrected chi connectivity index (χ1v) is 5.52. The van der Waals surface area contributed by atoms with Gasteiger partial charge in [0.1, 0.15) is 5.82 Å². The van der Waals surface area contributed by atoms with Crippen LogP contribution in [0.25, 0.3) is 0 Å². The van der Waals surface area contributed by atoms with E-state index >= 15 is 0 Å². The van der Waals surface area contributed by atoms with Gasteiger partial charge < -0.3 is 5.73 Å². The van der Waals surface area contributed by atoms with Crippen LogP contribution < -0.4 is 5.73 Å². The predicted octanol–water partition coefficient (Wildman–Crippen LogP) is 1.59. The molecule has 3 rings (SSSR count). The molecule has 0 bridgehead atoms. The molecule has 2 unspecified atom stereocenters. The zero-order chi connectivity index (χ0) is 9.71. The van der Waals surface area contributed by atoms with Gasteiger partial charge in [-0.05, 0) is 43.4 Å². The molecule has 0 radical (unpaired) electrons. The summed E-state index contributed by atoms with van der Waals surface area (Å²) in [5.74, 6) is 3.79. The number of aryl methyl sites for hydroxylation is 1. The Balaban J connectivity index is 1.62. The lowest BCUT2D eigenvalue weighted by Gasteiger charge is -1.94. The van der Waals surface area contributed by atoms with Gasteiger partial charge in [-0.25, -0.2) is 0 Å². The van der Waals surface area contributed by atoms with E-state index in [1.165, 1.54) is 25.0 Å². The maximum atomic E-state index is 5.74. The third kappa shape index (κ3) is 1.41. The summed E-state index contributed by atoms with van der Waals surface area (Å²) in [5, 5.41) is 4.40. The molecule has 0 saturated heterocycles. The largest absolute Gasteiger partial charge is 0.384 e. The molecule has 3 nitrogen and oxygen atoms in total. The van der Waals surface area contributed by atoms with E-state index in [9.17, 15) is 0 Å². The van der Waals surface area contributed by atoms with Crippen LogP contribution in [0.15, 0.2) is 6.07 Å². The molecular weight excluding hydrogens is 174 g/mol. The van der Waals surface area contributed by atoms with E-state index < -0.39 is 0 Å². The summed E-state index contributed by atoms with van der Waals surface area (Å²) in [4.78, 5) is 0. The van der Waals surface area contributed by atoms with E-state index in [0.29, 0.717) is 0 Å². The van der Waals surface area contributed by atoms with Gasteiger partial charge in [-0.1, -0.05) is 0 Å². The number of nitrogen functional groups attached to an aromatic ring is 1.